The van der Waals surface area contributed by atoms with Crippen LogP contribution in [0.2, 0.25) is 0 Å². The second-order valence-corrected chi connectivity index (χ2v) is 6.91. The molecule has 3 aromatic rings. The molecule has 1 saturated heterocycles. The standard InChI is InChI=1S/C21H24N4O.ClH/c22-16-12-14-24(15-13-16)21(26)11-10-20-23-18-8-4-5-9-19(18)25(20)17-6-2-1-3-7-17;/h1-9,16H,10-15,22H2;1H. The molecule has 5 nitrogen and oxygen atoms in total. The summed E-state index contributed by atoms with van der Waals surface area (Å²) >= 11 is 0. The van der Waals surface area contributed by atoms with Gasteiger partial charge in [0.1, 0.15) is 5.82 Å². The van der Waals surface area contributed by atoms with E-state index >= 15 is 0 Å². The predicted octanol–water partition coefficient (Wildman–Crippen LogP) is 3.33. The van der Waals surface area contributed by atoms with Crippen molar-refractivity contribution in [1.82, 2.24) is 14.5 Å². The van der Waals surface area contributed by atoms with E-state index in [2.05, 4.69) is 22.8 Å². The van der Waals surface area contributed by atoms with Crippen molar-refractivity contribution in [2.24, 2.45) is 5.73 Å². The third-order valence-electron chi connectivity index (χ3n) is 5.10. The van der Waals surface area contributed by atoms with Crippen molar-refractivity contribution in [3.8, 4) is 5.69 Å². The molecule has 0 radical (unpaired) electrons. The molecule has 2 N–H and O–H groups in total. The van der Waals surface area contributed by atoms with Gasteiger partial charge in [0.15, 0.2) is 0 Å². The van der Waals surface area contributed by atoms with Gasteiger partial charge in [-0.1, -0.05) is 30.3 Å². The molecule has 1 aromatic heterocycles. The van der Waals surface area contributed by atoms with E-state index in [0.717, 1.165) is 48.5 Å². The quantitative estimate of drug-likeness (QED) is 0.750. The lowest BCUT2D eigenvalue weighted by molar-refractivity contribution is -0.132. The first-order valence-corrected chi connectivity index (χ1v) is 9.27. The van der Waals surface area contributed by atoms with Crippen molar-refractivity contribution in [1.29, 1.82) is 0 Å². The molecule has 0 saturated carbocycles. The van der Waals surface area contributed by atoms with Crippen molar-refractivity contribution in [3.05, 3.63) is 60.4 Å². The number of likely N-dealkylation sites (tertiary alicyclic amines) is 1. The van der Waals surface area contributed by atoms with Gasteiger partial charge in [-0.05, 0) is 37.1 Å². The van der Waals surface area contributed by atoms with Gasteiger partial charge in [-0.25, -0.2) is 4.98 Å². The lowest BCUT2D eigenvalue weighted by Crippen LogP contribution is -2.42. The summed E-state index contributed by atoms with van der Waals surface area (Å²) in [6.45, 7) is 1.55. The molecular weight excluding hydrogens is 360 g/mol. The van der Waals surface area contributed by atoms with E-state index in [1.54, 1.807) is 0 Å². The monoisotopic (exact) mass is 384 g/mol. The molecule has 0 bridgehead atoms. The van der Waals surface area contributed by atoms with Crippen LogP contribution in [-0.2, 0) is 11.2 Å². The summed E-state index contributed by atoms with van der Waals surface area (Å²) in [5, 5.41) is 0. The summed E-state index contributed by atoms with van der Waals surface area (Å²) in [7, 11) is 0. The van der Waals surface area contributed by atoms with Crippen LogP contribution in [0.15, 0.2) is 54.6 Å². The molecule has 142 valence electrons. The Bertz CT molecular complexity index is 901. The minimum absolute atomic E-state index is 0. The molecule has 1 aliphatic heterocycles. The van der Waals surface area contributed by atoms with Gasteiger partial charge in [0.2, 0.25) is 5.91 Å². The van der Waals surface area contributed by atoms with Crippen LogP contribution >= 0.6 is 12.4 Å². The van der Waals surface area contributed by atoms with E-state index in [1.165, 1.54) is 0 Å². The highest BCUT2D eigenvalue weighted by Crippen LogP contribution is 2.22. The van der Waals surface area contributed by atoms with Crippen LogP contribution in [0.4, 0.5) is 0 Å². The lowest BCUT2D eigenvalue weighted by Gasteiger charge is -2.30. The number of fused-ring (bicyclic) bond motifs is 1. The van der Waals surface area contributed by atoms with Gasteiger partial charge >= 0.3 is 0 Å². The first-order valence-electron chi connectivity index (χ1n) is 9.27. The fraction of sp³-hybridized carbons (Fsp3) is 0.333. The SMILES string of the molecule is Cl.NC1CCN(C(=O)CCc2nc3ccccc3n2-c2ccccc2)CC1. The van der Waals surface area contributed by atoms with Crippen LogP contribution in [-0.4, -0.2) is 39.5 Å². The number of amides is 1. The molecule has 2 heterocycles. The van der Waals surface area contributed by atoms with Gasteiger partial charge < -0.3 is 10.6 Å². The number of carbonyl (C=O) groups excluding carboxylic acids is 1. The highest BCUT2D eigenvalue weighted by atomic mass is 35.5. The molecule has 0 spiro atoms. The van der Waals surface area contributed by atoms with Crippen LogP contribution in [0.3, 0.4) is 0 Å². The zero-order valence-electron chi connectivity index (χ0n) is 15.3. The van der Waals surface area contributed by atoms with Crippen molar-refractivity contribution in [3.63, 3.8) is 0 Å². The zero-order chi connectivity index (χ0) is 17.9. The third-order valence-corrected chi connectivity index (χ3v) is 5.10. The topological polar surface area (TPSA) is 64.2 Å². The number of para-hydroxylation sites is 3. The number of aromatic nitrogens is 2. The zero-order valence-corrected chi connectivity index (χ0v) is 16.1. The summed E-state index contributed by atoms with van der Waals surface area (Å²) in [5.74, 6) is 1.13. The van der Waals surface area contributed by atoms with Gasteiger partial charge in [0, 0.05) is 37.7 Å². The molecule has 1 aliphatic rings. The Kier molecular flexibility index (Phi) is 6.14. The van der Waals surface area contributed by atoms with Crippen molar-refractivity contribution >= 4 is 29.3 Å². The molecule has 2 aromatic carbocycles. The van der Waals surface area contributed by atoms with E-state index in [1.807, 2.05) is 41.3 Å². The normalized spacial score (nSPS) is 14.9. The minimum Gasteiger partial charge on any atom is -0.343 e. The first-order chi connectivity index (χ1) is 12.7. The number of aryl methyl sites for hydroxylation is 1. The Morgan fingerprint density at radius 3 is 2.44 bits per heavy atom. The number of hydrogen-bond donors (Lipinski definition) is 1. The minimum atomic E-state index is 0. The van der Waals surface area contributed by atoms with Gasteiger partial charge in [-0.2, -0.15) is 0 Å². The number of piperidine rings is 1. The van der Waals surface area contributed by atoms with Crippen LogP contribution in [0.1, 0.15) is 25.1 Å². The first kappa shape index (κ1) is 19.4. The number of nitrogens with two attached hydrogens (primary N) is 1. The smallest absolute Gasteiger partial charge is 0.223 e. The van der Waals surface area contributed by atoms with Gasteiger partial charge in [-0.3, -0.25) is 9.36 Å². The van der Waals surface area contributed by atoms with Gasteiger partial charge in [0.05, 0.1) is 11.0 Å². The van der Waals surface area contributed by atoms with Gasteiger partial charge in [0.25, 0.3) is 0 Å². The average Bonchev–Trinajstić information content (AvgIpc) is 3.05. The molecule has 1 fully saturated rings. The molecule has 4 rings (SSSR count). The number of hydrogen-bond acceptors (Lipinski definition) is 3. The van der Waals surface area contributed by atoms with E-state index in [4.69, 9.17) is 10.7 Å². The maximum absolute atomic E-state index is 12.6. The third kappa shape index (κ3) is 4.15. The number of nitrogens with zero attached hydrogens (tertiary/aromatic N) is 3. The summed E-state index contributed by atoms with van der Waals surface area (Å²) in [4.78, 5) is 19.3. The summed E-state index contributed by atoms with van der Waals surface area (Å²) in [6, 6.07) is 18.6. The maximum Gasteiger partial charge on any atom is 0.223 e. The number of imidazole rings is 1. The fourth-order valence-electron chi connectivity index (χ4n) is 3.63. The largest absolute Gasteiger partial charge is 0.343 e. The van der Waals surface area contributed by atoms with Crippen molar-refractivity contribution in [2.75, 3.05) is 13.1 Å². The Morgan fingerprint density at radius 1 is 1.04 bits per heavy atom. The summed E-state index contributed by atoms with van der Waals surface area (Å²) < 4.78 is 2.16. The van der Waals surface area contributed by atoms with Gasteiger partial charge in [-0.15, -0.1) is 12.4 Å². The van der Waals surface area contributed by atoms with E-state index in [9.17, 15) is 4.79 Å². The second-order valence-electron chi connectivity index (χ2n) is 6.91. The summed E-state index contributed by atoms with van der Waals surface area (Å²) in [6.07, 6.45) is 2.90. The highest BCUT2D eigenvalue weighted by Gasteiger charge is 2.21. The maximum atomic E-state index is 12.6. The van der Waals surface area contributed by atoms with Crippen LogP contribution in [0.25, 0.3) is 16.7 Å². The summed E-state index contributed by atoms with van der Waals surface area (Å²) in [5.41, 5.74) is 9.05. The predicted molar refractivity (Wildman–Crippen MR) is 110 cm³/mol. The Morgan fingerprint density at radius 2 is 1.70 bits per heavy atom. The second kappa shape index (κ2) is 8.55. The molecule has 27 heavy (non-hydrogen) atoms. The Labute approximate surface area is 165 Å². The molecule has 1 amide bonds. The average molecular weight is 385 g/mol. The van der Waals surface area contributed by atoms with Crippen molar-refractivity contribution in [2.45, 2.75) is 31.7 Å². The Balaban J connectivity index is 0.00000210. The number of carbonyl (C=O) groups is 1. The number of benzene rings is 2. The molecule has 6 heteroatoms. The number of halogens is 1. The fourth-order valence-corrected chi connectivity index (χ4v) is 3.63. The van der Waals surface area contributed by atoms with Crippen molar-refractivity contribution < 1.29 is 4.79 Å². The number of rotatable bonds is 4. The Hall–Kier alpha value is -2.37. The van der Waals surface area contributed by atoms with Crippen LogP contribution < -0.4 is 5.73 Å². The van der Waals surface area contributed by atoms with Crippen LogP contribution in [0.5, 0.6) is 0 Å². The lowest BCUT2D eigenvalue weighted by atomic mass is 10.1. The van der Waals surface area contributed by atoms with E-state index in [0.29, 0.717) is 12.8 Å². The molecule has 0 aliphatic carbocycles. The molecular formula is C21H25ClN4O. The van der Waals surface area contributed by atoms with Crippen LogP contribution in [0, 0.1) is 0 Å². The highest BCUT2D eigenvalue weighted by molar-refractivity contribution is 5.85. The molecule has 0 atom stereocenters. The van der Waals surface area contributed by atoms with E-state index in [-0.39, 0.29) is 24.4 Å². The molecule has 0 unspecified atom stereocenters. The van der Waals surface area contributed by atoms with E-state index < -0.39 is 0 Å².